The molecule has 1 aromatic carbocycles. The number of rotatable bonds is 5. The minimum atomic E-state index is -4.49. The van der Waals surface area contributed by atoms with E-state index >= 15 is 0 Å². The zero-order chi connectivity index (χ0) is 24.5. The standard InChI is InChI=1S/C23H23F4N5O2/c1-14-4-3-11-31(18(14)13-34-19-8-6-16(12-28-19)23(25,26)27)22(33)20-17(24)7-5-15(2)21(20)32-29-9-10-30-32/h5-10,12,14,18H,3-4,11,13H2,1-2H3/t14-,18-/m1/s1. The number of aromatic nitrogens is 4. The zero-order valence-corrected chi connectivity index (χ0v) is 18.6. The molecule has 1 aliphatic heterocycles. The third kappa shape index (κ3) is 4.73. The van der Waals surface area contributed by atoms with Gasteiger partial charge in [0.05, 0.1) is 24.0 Å². The number of hydrogen-bond acceptors (Lipinski definition) is 5. The summed E-state index contributed by atoms with van der Waals surface area (Å²) in [5.74, 6) is -1.17. The molecule has 2 atom stereocenters. The maximum Gasteiger partial charge on any atom is 0.417 e. The third-order valence-electron chi connectivity index (χ3n) is 6.00. The van der Waals surface area contributed by atoms with Gasteiger partial charge in [0.25, 0.3) is 5.91 Å². The monoisotopic (exact) mass is 477 g/mol. The Morgan fingerprint density at radius 1 is 1.18 bits per heavy atom. The number of aryl methyl sites for hydroxylation is 1. The summed E-state index contributed by atoms with van der Waals surface area (Å²) in [6, 6.07) is 4.40. The second kappa shape index (κ2) is 9.40. The molecule has 7 nitrogen and oxygen atoms in total. The van der Waals surface area contributed by atoms with Crippen molar-refractivity contribution < 1.29 is 27.1 Å². The largest absolute Gasteiger partial charge is 0.475 e. The number of amides is 1. The first kappa shape index (κ1) is 23.7. The zero-order valence-electron chi connectivity index (χ0n) is 18.6. The maximum absolute atomic E-state index is 15.0. The lowest BCUT2D eigenvalue weighted by Crippen LogP contribution is -2.51. The van der Waals surface area contributed by atoms with Crippen LogP contribution in [0.1, 0.15) is 41.3 Å². The van der Waals surface area contributed by atoms with Gasteiger partial charge in [0.1, 0.15) is 23.7 Å². The fourth-order valence-electron chi connectivity index (χ4n) is 4.17. The van der Waals surface area contributed by atoms with Crippen LogP contribution in [0.4, 0.5) is 17.6 Å². The van der Waals surface area contributed by atoms with Gasteiger partial charge in [-0.05, 0) is 43.4 Å². The predicted octanol–water partition coefficient (Wildman–Crippen LogP) is 4.45. The number of alkyl halides is 3. The number of pyridine rings is 1. The molecule has 0 radical (unpaired) electrons. The van der Waals surface area contributed by atoms with E-state index < -0.39 is 29.5 Å². The van der Waals surface area contributed by atoms with Crippen LogP contribution in [0.15, 0.2) is 42.9 Å². The average Bonchev–Trinajstić information content (AvgIpc) is 3.33. The molecule has 0 saturated carbocycles. The van der Waals surface area contributed by atoms with E-state index in [9.17, 15) is 22.4 Å². The van der Waals surface area contributed by atoms with Crippen LogP contribution in [0.25, 0.3) is 5.69 Å². The van der Waals surface area contributed by atoms with E-state index in [0.29, 0.717) is 18.3 Å². The first-order chi connectivity index (χ1) is 16.2. The van der Waals surface area contributed by atoms with E-state index in [0.717, 1.165) is 25.0 Å². The number of benzene rings is 1. The molecule has 11 heteroatoms. The van der Waals surface area contributed by atoms with Gasteiger partial charge in [0.2, 0.25) is 5.88 Å². The molecule has 0 bridgehead atoms. The highest BCUT2D eigenvalue weighted by Gasteiger charge is 2.36. The molecule has 2 aromatic heterocycles. The van der Waals surface area contributed by atoms with Gasteiger partial charge in [-0.2, -0.15) is 28.2 Å². The highest BCUT2D eigenvalue weighted by atomic mass is 19.4. The van der Waals surface area contributed by atoms with E-state index in [1.54, 1.807) is 17.9 Å². The van der Waals surface area contributed by atoms with Crippen LogP contribution in [0.3, 0.4) is 0 Å². The van der Waals surface area contributed by atoms with Gasteiger partial charge < -0.3 is 9.64 Å². The quantitative estimate of drug-likeness (QED) is 0.508. The molecular weight excluding hydrogens is 454 g/mol. The third-order valence-corrected chi connectivity index (χ3v) is 6.00. The summed E-state index contributed by atoms with van der Waals surface area (Å²) < 4.78 is 59.0. The summed E-state index contributed by atoms with van der Waals surface area (Å²) in [6.45, 7) is 4.09. The summed E-state index contributed by atoms with van der Waals surface area (Å²) >= 11 is 0. The van der Waals surface area contributed by atoms with Crippen LogP contribution in [0, 0.1) is 18.7 Å². The summed E-state index contributed by atoms with van der Waals surface area (Å²) in [5, 5.41) is 8.13. The van der Waals surface area contributed by atoms with Crippen molar-refractivity contribution in [2.75, 3.05) is 13.2 Å². The summed E-state index contributed by atoms with van der Waals surface area (Å²) in [5.41, 5.74) is -0.120. The van der Waals surface area contributed by atoms with Crippen molar-refractivity contribution in [3.63, 3.8) is 0 Å². The smallest absolute Gasteiger partial charge is 0.417 e. The van der Waals surface area contributed by atoms with Gasteiger partial charge in [-0.25, -0.2) is 9.37 Å². The molecule has 4 rings (SSSR count). The number of nitrogens with zero attached hydrogens (tertiary/aromatic N) is 5. The molecule has 0 aliphatic carbocycles. The van der Waals surface area contributed by atoms with Gasteiger partial charge in [-0.3, -0.25) is 4.79 Å². The molecule has 180 valence electrons. The molecule has 1 amide bonds. The van der Waals surface area contributed by atoms with Crippen LogP contribution in [0.2, 0.25) is 0 Å². The van der Waals surface area contributed by atoms with Crippen LogP contribution in [0.5, 0.6) is 5.88 Å². The van der Waals surface area contributed by atoms with Crippen molar-refractivity contribution in [1.29, 1.82) is 0 Å². The SMILES string of the molecule is Cc1ccc(F)c(C(=O)N2CCC[C@@H](C)[C@H]2COc2ccc(C(F)(F)F)cn2)c1-n1nccn1. The molecular formula is C23H23F4N5O2. The number of carbonyl (C=O) groups is 1. The number of carbonyl (C=O) groups excluding carboxylic acids is 1. The van der Waals surface area contributed by atoms with Crippen molar-refractivity contribution in [3.8, 4) is 11.6 Å². The van der Waals surface area contributed by atoms with Crippen LogP contribution < -0.4 is 4.74 Å². The van der Waals surface area contributed by atoms with Crippen molar-refractivity contribution in [1.82, 2.24) is 24.9 Å². The first-order valence-corrected chi connectivity index (χ1v) is 10.8. The molecule has 1 saturated heterocycles. The van der Waals surface area contributed by atoms with Crippen molar-refractivity contribution in [2.45, 2.75) is 38.9 Å². The molecule has 34 heavy (non-hydrogen) atoms. The van der Waals surface area contributed by atoms with E-state index in [2.05, 4.69) is 15.2 Å². The number of likely N-dealkylation sites (tertiary alicyclic amines) is 1. The van der Waals surface area contributed by atoms with Crippen molar-refractivity contribution in [3.05, 3.63) is 65.4 Å². The van der Waals surface area contributed by atoms with E-state index in [-0.39, 0.29) is 29.7 Å². The lowest BCUT2D eigenvalue weighted by Gasteiger charge is -2.40. The van der Waals surface area contributed by atoms with Gasteiger partial charge in [-0.1, -0.05) is 13.0 Å². The van der Waals surface area contributed by atoms with Gasteiger partial charge in [0, 0.05) is 18.8 Å². The number of piperidine rings is 1. The molecule has 0 unspecified atom stereocenters. The minimum Gasteiger partial charge on any atom is -0.475 e. The fourth-order valence-corrected chi connectivity index (χ4v) is 4.17. The Bertz CT molecular complexity index is 1150. The summed E-state index contributed by atoms with van der Waals surface area (Å²) in [4.78, 5) is 20.1. The molecule has 0 N–H and O–H groups in total. The lowest BCUT2D eigenvalue weighted by atomic mass is 9.90. The fraction of sp³-hybridized carbons (Fsp3) is 0.391. The van der Waals surface area contributed by atoms with Crippen molar-refractivity contribution in [2.24, 2.45) is 5.92 Å². The molecule has 0 spiro atoms. The van der Waals surface area contributed by atoms with Crippen LogP contribution >= 0.6 is 0 Å². The highest BCUT2D eigenvalue weighted by molar-refractivity contribution is 5.98. The second-order valence-electron chi connectivity index (χ2n) is 8.29. The lowest BCUT2D eigenvalue weighted by molar-refractivity contribution is -0.137. The Morgan fingerprint density at radius 2 is 1.91 bits per heavy atom. The number of hydrogen-bond donors (Lipinski definition) is 0. The van der Waals surface area contributed by atoms with Gasteiger partial charge >= 0.3 is 6.18 Å². The summed E-state index contributed by atoms with van der Waals surface area (Å²) in [6.07, 6.45) is 0.636. The number of ether oxygens (including phenoxy) is 1. The highest BCUT2D eigenvalue weighted by Crippen LogP contribution is 2.31. The van der Waals surface area contributed by atoms with Crippen LogP contribution in [-0.2, 0) is 6.18 Å². The average molecular weight is 477 g/mol. The Hall–Kier alpha value is -3.50. The van der Waals surface area contributed by atoms with Gasteiger partial charge in [0.15, 0.2) is 0 Å². The topological polar surface area (TPSA) is 73.1 Å². The van der Waals surface area contributed by atoms with Crippen LogP contribution in [-0.4, -0.2) is 50.0 Å². The first-order valence-electron chi connectivity index (χ1n) is 10.8. The van der Waals surface area contributed by atoms with E-state index in [1.807, 2.05) is 6.92 Å². The van der Waals surface area contributed by atoms with E-state index in [4.69, 9.17) is 4.74 Å². The minimum absolute atomic E-state index is 0.00800. The second-order valence-corrected chi connectivity index (χ2v) is 8.29. The normalized spacial score (nSPS) is 18.7. The Morgan fingerprint density at radius 3 is 2.56 bits per heavy atom. The maximum atomic E-state index is 15.0. The Kier molecular flexibility index (Phi) is 6.54. The molecule has 1 aliphatic rings. The predicted molar refractivity (Wildman–Crippen MR) is 114 cm³/mol. The summed E-state index contributed by atoms with van der Waals surface area (Å²) in [7, 11) is 0. The van der Waals surface area contributed by atoms with Gasteiger partial charge in [-0.15, -0.1) is 0 Å². The Labute approximate surface area is 193 Å². The van der Waals surface area contributed by atoms with Crippen molar-refractivity contribution >= 4 is 5.91 Å². The molecule has 3 heterocycles. The van der Waals surface area contributed by atoms with E-state index in [1.165, 1.54) is 23.3 Å². The molecule has 1 fully saturated rings. The molecule has 3 aromatic rings. The number of halogens is 4. The Balaban J connectivity index is 1.60.